The van der Waals surface area contributed by atoms with Crippen LogP contribution in [-0.2, 0) is 21.7 Å². The molecule has 0 saturated carbocycles. The number of aromatic nitrogens is 1. The number of thioether (sulfide) groups is 1. The highest BCUT2D eigenvalue weighted by Gasteiger charge is 2.11. The first-order valence-corrected chi connectivity index (χ1v) is 9.35. The van der Waals surface area contributed by atoms with E-state index >= 15 is 0 Å². The van der Waals surface area contributed by atoms with Crippen LogP contribution in [0.1, 0.15) is 21.1 Å². The standard InChI is InChI=1S/C16H19N3O3S2/c1-22-15(20)10-23-8-11-3-2-4-12(7-11)18-16(21)13-9-24-14(19-13)5-6-17/h2-4,7,9H,5-6,8,10,17H2,1H3,(H,18,21). The fourth-order valence-corrected chi connectivity index (χ4v) is 3.49. The molecule has 3 N–H and O–H groups in total. The Kier molecular flexibility index (Phi) is 7.23. The summed E-state index contributed by atoms with van der Waals surface area (Å²) >= 11 is 2.90. The van der Waals surface area contributed by atoms with Gasteiger partial charge < -0.3 is 15.8 Å². The summed E-state index contributed by atoms with van der Waals surface area (Å²) in [6.07, 6.45) is 0.671. The maximum atomic E-state index is 12.2. The van der Waals surface area contributed by atoms with Crippen LogP contribution in [0.2, 0.25) is 0 Å². The molecule has 2 aromatic rings. The van der Waals surface area contributed by atoms with Gasteiger partial charge in [0.1, 0.15) is 5.69 Å². The number of hydrogen-bond donors (Lipinski definition) is 2. The Morgan fingerprint density at radius 3 is 3.00 bits per heavy atom. The van der Waals surface area contributed by atoms with E-state index in [0.717, 1.165) is 10.6 Å². The normalized spacial score (nSPS) is 10.4. The molecule has 1 aromatic heterocycles. The van der Waals surface area contributed by atoms with Crippen molar-refractivity contribution in [3.63, 3.8) is 0 Å². The molecular formula is C16H19N3O3S2. The predicted octanol–water partition coefficient (Wildman–Crippen LogP) is 2.30. The van der Waals surface area contributed by atoms with Gasteiger partial charge in [0.05, 0.1) is 17.9 Å². The number of carbonyl (C=O) groups excluding carboxylic acids is 2. The Balaban J connectivity index is 1.92. The van der Waals surface area contributed by atoms with E-state index in [9.17, 15) is 9.59 Å². The van der Waals surface area contributed by atoms with E-state index in [0.29, 0.717) is 35.9 Å². The van der Waals surface area contributed by atoms with Gasteiger partial charge in [-0.3, -0.25) is 9.59 Å². The van der Waals surface area contributed by atoms with Gasteiger partial charge >= 0.3 is 5.97 Å². The summed E-state index contributed by atoms with van der Waals surface area (Å²) in [4.78, 5) is 27.6. The second-order valence-electron chi connectivity index (χ2n) is 4.89. The number of methoxy groups -OCH3 is 1. The summed E-state index contributed by atoms with van der Waals surface area (Å²) in [6, 6.07) is 7.52. The molecule has 1 aromatic carbocycles. The fraction of sp³-hybridized carbons (Fsp3) is 0.312. The van der Waals surface area contributed by atoms with Crippen molar-refractivity contribution in [3.8, 4) is 0 Å². The van der Waals surface area contributed by atoms with Crippen molar-refractivity contribution in [2.24, 2.45) is 5.73 Å². The zero-order chi connectivity index (χ0) is 17.4. The number of nitrogens with one attached hydrogen (secondary N) is 1. The molecule has 0 bridgehead atoms. The average molecular weight is 365 g/mol. The molecule has 2 rings (SSSR count). The second kappa shape index (κ2) is 9.41. The van der Waals surface area contributed by atoms with Crippen molar-refractivity contribution in [1.29, 1.82) is 0 Å². The maximum Gasteiger partial charge on any atom is 0.315 e. The largest absolute Gasteiger partial charge is 0.468 e. The number of benzene rings is 1. The molecule has 0 atom stereocenters. The van der Waals surface area contributed by atoms with E-state index in [2.05, 4.69) is 15.0 Å². The van der Waals surface area contributed by atoms with Crippen LogP contribution in [0.5, 0.6) is 0 Å². The average Bonchev–Trinajstić information content (AvgIpc) is 3.04. The van der Waals surface area contributed by atoms with Gasteiger partial charge in [0.2, 0.25) is 0 Å². The van der Waals surface area contributed by atoms with Gasteiger partial charge in [-0.1, -0.05) is 12.1 Å². The lowest BCUT2D eigenvalue weighted by molar-refractivity contribution is -0.137. The molecule has 0 radical (unpaired) electrons. The Bertz CT molecular complexity index is 703. The number of esters is 1. The molecule has 128 valence electrons. The maximum absolute atomic E-state index is 12.2. The monoisotopic (exact) mass is 365 g/mol. The van der Waals surface area contributed by atoms with Crippen LogP contribution in [0.4, 0.5) is 5.69 Å². The number of hydrogen-bond acceptors (Lipinski definition) is 7. The van der Waals surface area contributed by atoms with Crippen LogP contribution >= 0.6 is 23.1 Å². The van der Waals surface area contributed by atoms with Gasteiger partial charge in [-0.05, 0) is 24.2 Å². The molecule has 0 fully saturated rings. The highest BCUT2D eigenvalue weighted by atomic mass is 32.2. The Morgan fingerprint density at radius 1 is 1.42 bits per heavy atom. The first-order chi connectivity index (χ1) is 11.6. The molecule has 1 heterocycles. The fourth-order valence-electron chi connectivity index (χ4n) is 1.90. The molecule has 8 heteroatoms. The van der Waals surface area contributed by atoms with Crippen molar-refractivity contribution >= 4 is 40.7 Å². The van der Waals surface area contributed by atoms with E-state index in [4.69, 9.17) is 5.73 Å². The minimum absolute atomic E-state index is 0.242. The zero-order valence-corrected chi connectivity index (χ0v) is 14.9. The van der Waals surface area contributed by atoms with Crippen molar-refractivity contribution in [2.75, 3.05) is 24.7 Å². The van der Waals surface area contributed by atoms with E-state index in [1.165, 1.54) is 30.2 Å². The molecule has 0 unspecified atom stereocenters. The van der Waals surface area contributed by atoms with Gasteiger partial charge in [-0.25, -0.2) is 4.98 Å². The Morgan fingerprint density at radius 2 is 2.25 bits per heavy atom. The summed E-state index contributed by atoms with van der Waals surface area (Å²) in [5, 5.41) is 5.43. The predicted molar refractivity (Wildman–Crippen MR) is 97.4 cm³/mol. The van der Waals surface area contributed by atoms with Crippen LogP contribution in [-0.4, -0.2) is 36.3 Å². The highest BCUT2D eigenvalue weighted by Crippen LogP contribution is 2.18. The lowest BCUT2D eigenvalue weighted by atomic mass is 10.2. The summed E-state index contributed by atoms with van der Waals surface area (Å²) in [7, 11) is 1.37. The SMILES string of the molecule is COC(=O)CSCc1cccc(NC(=O)c2csc(CCN)n2)c1. The number of carbonyl (C=O) groups is 2. The first kappa shape index (κ1) is 18.4. The number of anilines is 1. The van der Waals surface area contributed by atoms with Gasteiger partial charge in [-0.2, -0.15) is 0 Å². The molecule has 0 spiro atoms. The number of nitrogens with two attached hydrogens (primary N) is 1. The third kappa shape index (κ3) is 5.63. The third-order valence-corrected chi connectivity index (χ3v) is 4.93. The molecule has 0 aliphatic carbocycles. The van der Waals surface area contributed by atoms with Crippen LogP contribution in [0.25, 0.3) is 0 Å². The first-order valence-electron chi connectivity index (χ1n) is 7.31. The lowest BCUT2D eigenvalue weighted by Crippen LogP contribution is -2.13. The Hall–Kier alpha value is -1.90. The van der Waals surface area contributed by atoms with Crippen LogP contribution in [0, 0.1) is 0 Å². The van der Waals surface area contributed by atoms with Crippen LogP contribution in [0.3, 0.4) is 0 Å². The molecular weight excluding hydrogens is 346 g/mol. The van der Waals surface area contributed by atoms with Gasteiger partial charge in [0.25, 0.3) is 5.91 Å². The summed E-state index contributed by atoms with van der Waals surface area (Å²) in [5.74, 6) is 0.474. The molecule has 0 aliphatic rings. The smallest absolute Gasteiger partial charge is 0.315 e. The molecule has 6 nitrogen and oxygen atoms in total. The number of rotatable bonds is 8. The highest BCUT2D eigenvalue weighted by molar-refractivity contribution is 7.99. The van der Waals surface area contributed by atoms with Crippen molar-refractivity contribution in [3.05, 3.63) is 45.9 Å². The van der Waals surface area contributed by atoms with Gasteiger partial charge in [0.15, 0.2) is 0 Å². The van der Waals surface area contributed by atoms with Gasteiger partial charge in [0, 0.05) is 23.2 Å². The number of amides is 1. The van der Waals surface area contributed by atoms with E-state index in [1.807, 2.05) is 24.3 Å². The minimum Gasteiger partial charge on any atom is -0.468 e. The zero-order valence-electron chi connectivity index (χ0n) is 13.3. The number of ether oxygens (including phenoxy) is 1. The minimum atomic E-state index is -0.249. The van der Waals surface area contributed by atoms with E-state index in [1.54, 1.807) is 5.38 Å². The third-order valence-electron chi connectivity index (χ3n) is 3.04. The number of nitrogens with zero attached hydrogens (tertiary/aromatic N) is 1. The van der Waals surface area contributed by atoms with Gasteiger partial charge in [-0.15, -0.1) is 23.1 Å². The molecule has 0 saturated heterocycles. The van der Waals surface area contributed by atoms with E-state index in [-0.39, 0.29) is 11.9 Å². The number of thiazole rings is 1. The van der Waals surface area contributed by atoms with E-state index < -0.39 is 0 Å². The van der Waals surface area contributed by atoms with Crippen molar-refractivity contribution in [2.45, 2.75) is 12.2 Å². The Labute approximate surface area is 148 Å². The van der Waals surface area contributed by atoms with Crippen molar-refractivity contribution in [1.82, 2.24) is 4.98 Å². The van der Waals surface area contributed by atoms with Crippen LogP contribution < -0.4 is 11.1 Å². The lowest BCUT2D eigenvalue weighted by Gasteiger charge is -2.06. The molecule has 0 aliphatic heterocycles. The molecule has 24 heavy (non-hydrogen) atoms. The summed E-state index contributed by atoms with van der Waals surface area (Å²) in [5.41, 5.74) is 7.60. The second-order valence-corrected chi connectivity index (χ2v) is 6.82. The topological polar surface area (TPSA) is 94.3 Å². The summed E-state index contributed by atoms with van der Waals surface area (Å²) in [6.45, 7) is 0.514. The van der Waals surface area contributed by atoms with Crippen LogP contribution in [0.15, 0.2) is 29.6 Å². The van der Waals surface area contributed by atoms with Crippen molar-refractivity contribution < 1.29 is 14.3 Å². The molecule has 1 amide bonds. The quantitative estimate of drug-likeness (QED) is 0.697. The summed E-state index contributed by atoms with van der Waals surface area (Å²) < 4.78 is 4.60.